The molecule has 1 saturated carbocycles. The number of nitrogens with zero attached hydrogens (tertiary/aromatic N) is 1. The molecule has 3 atom stereocenters. The average molecular weight is 253 g/mol. The van der Waals surface area contributed by atoms with Crippen LogP contribution in [0.3, 0.4) is 0 Å². The van der Waals surface area contributed by atoms with Crippen molar-refractivity contribution in [3.8, 4) is 0 Å². The van der Waals surface area contributed by atoms with Gasteiger partial charge in [0.05, 0.1) is 6.54 Å². The molecule has 2 aliphatic rings. The maximum Gasteiger partial charge on any atom is 0.236 e. The molecule has 3 unspecified atom stereocenters. The second kappa shape index (κ2) is 6.53. The van der Waals surface area contributed by atoms with Crippen LogP contribution in [0.1, 0.15) is 39.0 Å². The van der Waals surface area contributed by atoms with Crippen molar-refractivity contribution in [3.63, 3.8) is 0 Å². The van der Waals surface area contributed by atoms with Gasteiger partial charge in [-0.25, -0.2) is 0 Å². The van der Waals surface area contributed by atoms with E-state index in [0.717, 1.165) is 12.5 Å². The minimum absolute atomic E-state index is 0.211. The number of amides is 1. The summed E-state index contributed by atoms with van der Waals surface area (Å²) in [5.41, 5.74) is 0. The highest BCUT2D eigenvalue weighted by atomic mass is 16.2. The number of carbonyl (C=O) groups excluding carboxylic acids is 1. The number of hydrogen-bond acceptors (Lipinski definition) is 3. The summed E-state index contributed by atoms with van der Waals surface area (Å²) in [6.45, 7) is 4.47. The number of hydrogen-bond donors (Lipinski definition) is 2. The summed E-state index contributed by atoms with van der Waals surface area (Å²) < 4.78 is 0. The van der Waals surface area contributed by atoms with Crippen molar-refractivity contribution in [1.82, 2.24) is 15.5 Å². The second-order valence-electron chi connectivity index (χ2n) is 5.69. The van der Waals surface area contributed by atoms with Crippen LogP contribution in [0.25, 0.3) is 0 Å². The molecule has 0 bridgehead atoms. The summed E-state index contributed by atoms with van der Waals surface area (Å²) >= 11 is 0. The highest BCUT2D eigenvalue weighted by molar-refractivity contribution is 5.77. The van der Waals surface area contributed by atoms with E-state index in [1.807, 2.05) is 14.0 Å². The van der Waals surface area contributed by atoms with E-state index in [-0.39, 0.29) is 5.91 Å². The molecule has 4 heteroatoms. The molecule has 0 radical (unpaired) electrons. The Labute approximate surface area is 110 Å². The number of rotatable bonds is 5. The van der Waals surface area contributed by atoms with E-state index in [2.05, 4.69) is 10.6 Å². The van der Waals surface area contributed by atoms with E-state index >= 15 is 0 Å². The lowest BCUT2D eigenvalue weighted by Gasteiger charge is -2.27. The third kappa shape index (κ3) is 3.23. The van der Waals surface area contributed by atoms with Gasteiger partial charge in [0, 0.05) is 25.7 Å². The van der Waals surface area contributed by atoms with Crippen molar-refractivity contribution in [3.05, 3.63) is 0 Å². The van der Waals surface area contributed by atoms with Gasteiger partial charge in [-0.1, -0.05) is 6.42 Å². The van der Waals surface area contributed by atoms with E-state index in [9.17, 15) is 4.79 Å². The van der Waals surface area contributed by atoms with Gasteiger partial charge in [0.15, 0.2) is 0 Å². The van der Waals surface area contributed by atoms with Crippen molar-refractivity contribution < 1.29 is 4.79 Å². The Hall–Kier alpha value is -0.610. The van der Waals surface area contributed by atoms with Gasteiger partial charge >= 0.3 is 0 Å². The van der Waals surface area contributed by atoms with Gasteiger partial charge in [0.1, 0.15) is 0 Å². The molecule has 1 saturated heterocycles. The average Bonchev–Trinajstić information content (AvgIpc) is 3.04. The summed E-state index contributed by atoms with van der Waals surface area (Å²) in [6.07, 6.45) is 6.47. The van der Waals surface area contributed by atoms with Gasteiger partial charge in [-0.05, 0) is 45.1 Å². The van der Waals surface area contributed by atoms with Crippen LogP contribution in [0.2, 0.25) is 0 Å². The zero-order chi connectivity index (χ0) is 13.0. The highest BCUT2D eigenvalue weighted by Crippen LogP contribution is 2.31. The van der Waals surface area contributed by atoms with E-state index in [1.54, 1.807) is 4.90 Å². The van der Waals surface area contributed by atoms with Crippen molar-refractivity contribution in [2.24, 2.45) is 5.92 Å². The summed E-state index contributed by atoms with van der Waals surface area (Å²) in [4.78, 5) is 13.6. The second-order valence-corrected chi connectivity index (χ2v) is 5.69. The zero-order valence-corrected chi connectivity index (χ0v) is 11.7. The van der Waals surface area contributed by atoms with Crippen LogP contribution in [-0.2, 0) is 4.79 Å². The molecule has 2 N–H and O–H groups in total. The van der Waals surface area contributed by atoms with E-state index in [4.69, 9.17) is 0 Å². The van der Waals surface area contributed by atoms with Gasteiger partial charge in [-0.3, -0.25) is 4.79 Å². The van der Waals surface area contributed by atoms with Crippen LogP contribution in [0.4, 0.5) is 0 Å². The van der Waals surface area contributed by atoms with Gasteiger partial charge in [-0.2, -0.15) is 0 Å². The smallest absolute Gasteiger partial charge is 0.236 e. The minimum atomic E-state index is 0.211. The van der Waals surface area contributed by atoms with Gasteiger partial charge in [0.2, 0.25) is 5.91 Å². The number of likely N-dealkylation sites (N-methyl/N-ethyl adjacent to an activating group) is 1. The van der Waals surface area contributed by atoms with Crippen LogP contribution in [-0.4, -0.2) is 49.6 Å². The Kier molecular flexibility index (Phi) is 5.01. The first-order valence-corrected chi connectivity index (χ1v) is 7.43. The normalized spacial score (nSPS) is 31.8. The van der Waals surface area contributed by atoms with Crippen LogP contribution in [0.15, 0.2) is 0 Å². The third-order valence-electron chi connectivity index (χ3n) is 4.60. The Bertz CT molecular complexity index is 276. The molecule has 2 fully saturated rings. The molecule has 4 nitrogen and oxygen atoms in total. The predicted octanol–water partition coefficient (Wildman–Crippen LogP) is 0.975. The summed E-state index contributed by atoms with van der Waals surface area (Å²) in [6, 6.07) is 1.22. The number of nitrogens with one attached hydrogen (secondary N) is 2. The summed E-state index contributed by atoms with van der Waals surface area (Å²) in [5, 5.41) is 7.11. The van der Waals surface area contributed by atoms with Gasteiger partial charge in [-0.15, -0.1) is 0 Å². The van der Waals surface area contributed by atoms with Crippen LogP contribution in [0.5, 0.6) is 0 Å². The lowest BCUT2D eigenvalue weighted by molar-refractivity contribution is -0.128. The van der Waals surface area contributed by atoms with Gasteiger partial charge < -0.3 is 15.5 Å². The molecule has 0 spiro atoms. The molecular formula is C14H27N3O. The van der Waals surface area contributed by atoms with E-state index < -0.39 is 0 Å². The zero-order valence-electron chi connectivity index (χ0n) is 11.7. The summed E-state index contributed by atoms with van der Waals surface area (Å²) in [7, 11) is 1.87. The molecule has 1 amide bonds. The molecule has 1 aliphatic heterocycles. The maximum atomic E-state index is 11.8. The first-order valence-electron chi connectivity index (χ1n) is 7.43. The highest BCUT2D eigenvalue weighted by Gasteiger charge is 2.34. The fourth-order valence-corrected chi connectivity index (χ4v) is 3.33. The van der Waals surface area contributed by atoms with Crippen LogP contribution >= 0.6 is 0 Å². The first-order chi connectivity index (χ1) is 8.72. The third-order valence-corrected chi connectivity index (χ3v) is 4.60. The Balaban J connectivity index is 1.79. The quantitative estimate of drug-likeness (QED) is 0.767. The minimum Gasteiger partial charge on any atom is -0.345 e. The topological polar surface area (TPSA) is 44.4 Å². The molecule has 2 rings (SSSR count). The lowest BCUT2D eigenvalue weighted by atomic mass is 9.93. The van der Waals surface area contributed by atoms with Crippen molar-refractivity contribution in [2.45, 2.75) is 51.1 Å². The molecular weight excluding hydrogens is 226 g/mol. The van der Waals surface area contributed by atoms with Crippen molar-refractivity contribution >= 4 is 5.91 Å². The lowest BCUT2D eigenvalue weighted by Crippen LogP contribution is -2.45. The molecule has 1 heterocycles. The van der Waals surface area contributed by atoms with E-state index in [0.29, 0.717) is 18.6 Å². The van der Waals surface area contributed by atoms with Crippen molar-refractivity contribution in [2.75, 3.05) is 26.7 Å². The predicted molar refractivity (Wildman–Crippen MR) is 73.5 cm³/mol. The fourth-order valence-electron chi connectivity index (χ4n) is 3.33. The van der Waals surface area contributed by atoms with Crippen LogP contribution in [0, 0.1) is 5.92 Å². The van der Waals surface area contributed by atoms with E-state index in [1.165, 1.54) is 38.6 Å². The molecule has 1 aliphatic carbocycles. The van der Waals surface area contributed by atoms with Crippen molar-refractivity contribution in [1.29, 1.82) is 0 Å². The number of carbonyl (C=O) groups is 1. The Morgan fingerprint density at radius 2 is 2.17 bits per heavy atom. The van der Waals surface area contributed by atoms with Gasteiger partial charge in [0.25, 0.3) is 0 Å². The molecule has 0 aromatic heterocycles. The molecule has 0 aromatic rings. The monoisotopic (exact) mass is 253 g/mol. The molecule has 18 heavy (non-hydrogen) atoms. The fraction of sp³-hybridized carbons (Fsp3) is 0.929. The molecule has 0 aromatic carbocycles. The standard InChI is InChI=1S/C14H27N3O/c1-3-17(2)14(18)10-16-13-7-4-6-11(13)12-8-5-9-15-12/h11-13,15-16H,3-10H2,1-2H3. The Morgan fingerprint density at radius 1 is 1.33 bits per heavy atom. The SMILES string of the molecule is CCN(C)C(=O)CNC1CCCC1C1CCCN1. The first kappa shape index (κ1) is 13.8. The Morgan fingerprint density at radius 3 is 2.83 bits per heavy atom. The molecule has 104 valence electrons. The summed E-state index contributed by atoms with van der Waals surface area (Å²) in [5.74, 6) is 0.940. The maximum absolute atomic E-state index is 11.8. The van der Waals surface area contributed by atoms with Crippen LogP contribution < -0.4 is 10.6 Å². The largest absolute Gasteiger partial charge is 0.345 e.